The second-order valence-electron chi connectivity index (χ2n) is 6.91. The molecule has 3 aromatic rings. The molecule has 0 fully saturated rings. The molecule has 7 heteroatoms. The van der Waals surface area contributed by atoms with Crippen molar-refractivity contribution in [3.8, 4) is 11.8 Å². The van der Waals surface area contributed by atoms with Crippen LogP contribution < -0.4 is 15.4 Å². The van der Waals surface area contributed by atoms with Crippen molar-refractivity contribution in [3.05, 3.63) is 94.5 Å². The van der Waals surface area contributed by atoms with Crippen molar-refractivity contribution in [2.24, 2.45) is 0 Å². The van der Waals surface area contributed by atoms with E-state index in [0.717, 1.165) is 5.56 Å². The lowest BCUT2D eigenvalue weighted by Gasteiger charge is -2.08. The van der Waals surface area contributed by atoms with Crippen LogP contribution in [-0.4, -0.2) is 18.4 Å². The molecular weight excluding hydrogens is 426 g/mol. The number of nitriles is 1. The predicted molar refractivity (Wildman–Crippen MR) is 125 cm³/mol. The average molecular weight is 446 g/mol. The second-order valence-corrected chi connectivity index (χ2v) is 7.34. The van der Waals surface area contributed by atoms with Crippen LogP contribution in [0.2, 0.25) is 5.02 Å². The van der Waals surface area contributed by atoms with Crippen molar-refractivity contribution in [2.45, 2.75) is 6.92 Å². The van der Waals surface area contributed by atoms with E-state index >= 15 is 0 Å². The highest BCUT2D eigenvalue weighted by Crippen LogP contribution is 2.18. The third-order valence-electron chi connectivity index (χ3n) is 4.34. The second kappa shape index (κ2) is 10.8. The number of carbonyl (C=O) groups excluding carboxylic acids is 2. The van der Waals surface area contributed by atoms with Crippen LogP contribution in [0.1, 0.15) is 11.1 Å². The van der Waals surface area contributed by atoms with Gasteiger partial charge in [0.1, 0.15) is 17.4 Å². The Morgan fingerprint density at radius 3 is 2.38 bits per heavy atom. The summed E-state index contributed by atoms with van der Waals surface area (Å²) < 4.78 is 5.50. The minimum atomic E-state index is -0.539. The van der Waals surface area contributed by atoms with Crippen LogP contribution in [0.4, 0.5) is 11.4 Å². The maximum atomic E-state index is 12.4. The number of amides is 2. The van der Waals surface area contributed by atoms with E-state index < -0.39 is 5.91 Å². The number of nitrogens with zero attached hydrogens (tertiary/aromatic N) is 1. The van der Waals surface area contributed by atoms with Gasteiger partial charge in [0.05, 0.1) is 0 Å². The molecule has 0 heterocycles. The summed E-state index contributed by atoms with van der Waals surface area (Å²) in [5.74, 6) is -0.326. The van der Waals surface area contributed by atoms with Crippen LogP contribution in [0.25, 0.3) is 6.08 Å². The smallest absolute Gasteiger partial charge is 0.266 e. The first-order valence-electron chi connectivity index (χ1n) is 9.71. The summed E-state index contributed by atoms with van der Waals surface area (Å²) in [5.41, 5.74) is 2.88. The van der Waals surface area contributed by atoms with Crippen LogP contribution >= 0.6 is 11.6 Å². The molecule has 2 N–H and O–H groups in total. The highest BCUT2D eigenvalue weighted by Gasteiger charge is 2.10. The molecule has 0 aromatic heterocycles. The number of anilines is 2. The number of aryl methyl sites for hydroxylation is 1. The van der Waals surface area contributed by atoms with Gasteiger partial charge in [0.15, 0.2) is 6.61 Å². The van der Waals surface area contributed by atoms with E-state index in [2.05, 4.69) is 10.6 Å². The van der Waals surface area contributed by atoms with Gasteiger partial charge in [-0.3, -0.25) is 9.59 Å². The Kier molecular flexibility index (Phi) is 7.63. The van der Waals surface area contributed by atoms with E-state index in [9.17, 15) is 14.9 Å². The summed E-state index contributed by atoms with van der Waals surface area (Å²) in [6.07, 6.45) is 1.47. The zero-order chi connectivity index (χ0) is 22.9. The fourth-order valence-corrected chi connectivity index (χ4v) is 2.91. The molecule has 32 heavy (non-hydrogen) atoms. The van der Waals surface area contributed by atoms with Gasteiger partial charge < -0.3 is 15.4 Å². The topological polar surface area (TPSA) is 91.2 Å². The van der Waals surface area contributed by atoms with E-state index in [1.165, 1.54) is 6.08 Å². The summed E-state index contributed by atoms with van der Waals surface area (Å²) in [6.45, 7) is 1.83. The Hall–Kier alpha value is -4.08. The largest absolute Gasteiger partial charge is 0.484 e. The van der Waals surface area contributed by atoms with E-state index in [-0.39, 0.29) is 18.1 Å². The molecule has 0 radical (unpaired) electrons. The summed E-state index contributed by atoms with van der Waals surface area (Å²) in [6, 6.07) is 22.7. The molecule has 0 spiro atoms. The van der Waals surface area contributed by atoms with Gasteiger partial charge in [-0.1, -0.05) is 47.5 Å². The molecule has 0 aliphatic heterocycles. The monoisotopic (exact) mass is 445 g/mol. The number of ether oxygens (including phenoxy) is 1. The molecule has 0 unspecified atom stereocenters. The number of carbonyl (C=O) groups is 2. The molecule has 160 valence electrons. The Balaban J connectivity index is 1.57. The number of rotatable bonds is 7. The highest BCUT2D eigenvalue weighted by molar-refractivity contribution is 6.31. The summed E-state index contributed by atoms with van der Waals surface area (Å²) in [5, 5.41) is 15.2. The van der Waals surface area contributed by atoms with Crippen molar-refractivity contribution in [1.82, 2.24) is 0 Å². The predicted octanol–water partition coefficient (Wildman–Crippen LogP) is 5.21. The van der Waals surface area contributed by atoms with Gasteiger partial charge in [-0.2, -0.15) is 5.26 Å². The number of hydrogen-bond acceptors (Lipinski definition) is 4. The molecular formula is C25H20ClN3O3. The van der Waals surface area contributed by atoms with Crippen LogP contribution in [0, 0.1) is 18.3 Å². The molecule has 0 aliphatic carbocycles. The van der Waals surface area contributed by atoms with Crippen LogP contribution in [0.15, 0.2) is 78.4 Å². The van der Waals surface area contributed by atoms with Gasteiger partial charge in [0.2, 0.25) is 0 Å². The van der Waals surface area contributed by atoms with Crippen molar-refractivity contribution in [3.63, 3.8) is 0 Å². The summed E-state index contributed by atoms with van der Waals surface area (Å²) in [7, 11) is 0. The number of hydrogen-bond donors (Lipinski definition) is 2. The first-order chi connectivity index (χ1) is 15.4. The zero-order valence-corrected chi connectivity index (χ0v) is 18.0. The highest BCUT2D eigenvalue weighted by atomic mass is 35.5. The summed E-state index contributed by atoms with van der Waals surface area (Å²) >= 11 is 5.91. The molecule has 3 rings (SSSR count). The Bertz CT molecular complexity index is 1180. The summed E-state index contributed by atoms with van der Waals surface area (Å²) in [4.78, 5) is 24.4. The quantitative estimate of drug-likeness (QED) is 0.385. The zero-order valence-electron chi connectivity index (χ0n) is 17.3. The van der Waals surface area contributed by atoms with Gasteiger partial charge in [-0.15, -0.1) is 0 Å². The Morgan fingerprint density at radius 2 is 1.72 bits per heavy atom. The number of nitrogens with one attached hydrogen (secondary N) is 2. The van der Waals surface area contributed by atoms with Gasteiger partial charge in [-0.05, 0) is 61.0 Å². The van der Waals surface area contributed by atoms with Crippen molar-refractivity contribution in [2.75, 3.05) is 17.2 Å². The third kappa shape index (κ3) is 6.73. The van der Waals surface area contributed by atoms with Crippen molar-refractivity contribution < 1.29 is 14.3 Å². The first kappa shape index (κ1) is 22.6. The van der Waals surface area contributed by atoms with Gasteiger partial charge >= 0.3 is 0 Å². The maximum Gasteiger partial charge on any atom is 0.266 e. The molecule has 0 aliphatic rings. The Labute approximate surface area is 191 Å². The van der Waals surface area contributed by atoms with E-state index in [0.29, 0.717) is 27.7 Å². The fraction of sp³-hybridized carbons (Fsp3) is 0.0800. The van der Waals surface area contributed by atoms with Gasteiger partial charge in [0.25, 0.3) is 11.8 Å². The third-order valence-corrected chi connectivity index (χ3v) is 4.58. The SMILES string of the molecule is Cc1ccc(NC(=O)COc2ccc(/C=C(\C#N)C(=O)Nc3cccc(Cl)c3)cc2)cc1. The maximum absolute atomic E-state index is 12.4. The fourth-order valence-electron chi connectivity index (χ4n) is 2.72. The van der Waals surface area contributed by atoms with Crippen LogP contribution in [0.3, 0.4) is 0 Å². The molecule has 3 aromatic carbocycles. The first-order valence-corrected chi connectivity index (χ1v) is 10.1. The molecule has 0 bridgehead atoms. The molecule has 2 amide bonds. The van der Waals surface area contributed by atoms with Crippen LogP contribution in [-0.2, 0) is 9.59 Å². The molecule has 6 nitrogen and oxygen atoms in total. The number of halogens is 1. The minimum Gasteiger partial charge on any atom is -0.484 e. The van der Waals surface area contributed by atoms with Gasteiger partial charge in [-0.25, -0.2) is 0 Å². The molecule has 0 saturated carbocycles. The standard InChI is InChI=1S/C25H20ClN3O3/c1-17-5-9-21(10-6-17)28-24(30)16-32-23-11-7-18(8-12-23)13-19(15-27)25(31)29-22-4-2-3-20(26)14-22/h2-14H,16H2,1H3,(H,28,30)(H,29,31)/b19-13+. The Morgan fingerprint density at radius 1 is 1.00 bits per heavy atom. The molecule has 0 atom stereocenters. The van der Waals surface area contributed by atoms with Crippen molar-refractivity contribution >= 4 is 40.9 Å². The van der Waals surface area contributed by atoms with Crippen molar-refractivity contribution in [1.29, 1.82) is 5.26 Å². The average Bonchev–Trinajstić information content (AvgIpc) is 2.78. The minimum absolute atomic E-state index is 0.0591. The van der Waals surface area contributed by atoms with E-state index in [1.807, 2.05) is 37.3 Å². The van der Waals surface area contributed by atoms with E-state index in [1.54, 1.807) is 48.5 Å². The van der Waals surface area contributed by atoms with E-state index in [4.69, 9.17) is 16.3 Å². The lowest BCUT2D eigenvalue weighted by molar-refractivity contribution is -0.118. The number of benzene rings is 3. The lowest BCUT2D eigenvalue weighted by atomic mass is 10.1. The normalized spacial score (nSPS) is 10.7. The van der Waals surface area contributed by atoms with Gasteiger partial charge in [0, 0.05) is 16.4 Å². The lowest BCUT2D eigenvalue weighted by Crippen LogP contribution is -2.20. The van der Waals surface area contributed by atoms with Crippen LogP contribution in [0.5, 0.6) is 5.75 Å². The molecule has 0 saturated heterocycles.